The Hall–Kier alpha value is -2.83. The summed E-state index contributed by atoms with van der Waals surface area (Å²) in [6.07, 6.45) is 4.93. The highest BCUT2D eigenvalue weighted by molar-refractivity contribution is 6.04. The van der Waals surface area contributed by atoms with Gasteiger partial charge in [-0.25, -0.2) is 0 Å². The molecule has 1 aliphatic rings. The Labute approximate surface area is 159 Å². The number of rotatable bonds is 6. The molecule has 1 N–H and O–H groups in total. The number of carbonyl (C=O) groups is 2. The van der Waals surface area contributed by atoms with E-state index in [2.05, 4.69) is 10.4 Å². The van der Waals surface area contributed by atoms with Gasteiger partial charge in [0.15, 0.2) is 6.61 Å². The third-order valence-corrected chi connectivity index (χ3v) is 4.82. The van der Waals surface area contributed by atoms with E-state index in [1.54, 1.807) is 30.5 Å². The number of piperidine rings is 1. The molecule has 2 amide bonds. The van der Waals surface area contributed by atoms with Crippen LogP contribution in [0.1, 0.15) is 42.2 Å². The number of hydrogen-bond acceptors (Lipinski definition) is 4. The molecule has 0 radical (unpaired) electrons. The summed E-state index contributed by atoms with van der Waals surface area (Å²) in [4.78, 5) is 26.6. The Morgan fingerprint density at radius 1 is 1.22 bits per heavy atom. The smallest absolute Gasteiger partial charge is 0.260 e. The zero-order chi connectivity index (χ0) is 19.2. The minimum absolute atomic E-state index is 0.00650. The molecule has 2 aromatic rings. The van der Waals surface area contributed by atoms with Crippen molar-refractivity contribution in [3.8, 4) is 5.75 Å². The van der Waals surface area contributed by atoms with Crippen LogP contribution in [0.5, 0.6) is 5.75 Å². The molecule has 0 atom stereocenters. The molecule has 1 saturated heterocycles. The van der Waals surface area contributed by atoms with Gasteiger partial charge in [0.1, 0.15) is 5.75 Å². The van der Waals surface area contributed by atoms with Crippen molar-refractivity contribution in [2.75, 3.05) is 25.0 Å². The summed E-state index contributed by atoms with van der Waals surface area (Å²) < 4.78 is 7.44. The Bertz CT molecular complexity index is 809. The minimum atomic E-state index is -0.235. The first-order chi connectivity index (χ1) is 13.1. The van der Waals surface area contributed by atoms with E-state index < -0.39 is 0 Å². The summed E-state index contributed by atoms with van der Waals surface area (Å²) >= 11 is 0. The first kappa shape index (κ1) is 18.9. The SMILES string of the molecule is CCn1ncc(NC(=O)c2cccc(OCC(=O)N3CCCCC3)c2)c1C. The number of nitrogens with zero attached hydrogens (tertiary/aromatic N) is 3. The molecule has 1 fully saturated rings. The van der Waals surface area contributed by atoms with E-state index >= 15 is 0 Å². The van der Waals surface area contributed by atoms with Crippen LogP contribution in [0.15, 0.2) is 30.5 Å². The number of benzene rings is 1. The Balaban J connectivity index is 1.59. The average Bonchev–Trinajstić information content (AvgIpc) is 3.06. The van der Waals surface area contributed by atoms with Crippen molar-refractivity contribution in [2.24, 2.45) is 0 Å². The highest BCUT2D eigenvalue weighted by Crippen LogP contribution is 2.18. The van der Waals surface area contributed by atoms with Gasteiger partial charge in [-0.2, -0.15) is 5.10 Å². The molecule has 2 heterocycles. The van der Waals surface area contributed by atoms with Gasteiger partial charge < -0.3 is 15.0 Å². The van der Waals surface area contributed by atoms with E-state index in [9.17, 15) is 9.59 Å². The number of anilines is 1. The van der Waals surface area contributed by atoms with Gasteiger partial charge >= 0.3 is 0 Å². The highest BCUT2D eigenvalue weighted by Gasteiger charge is 2.17. The number of likely N-dealkylation sites (tertiary alicyclic amines) is 1. The van der Waals surface area contributed by atoms with Crippen molar-refractivity contribution in [2.45, 2.75) is 39.7 Å². The van der Waals surface area contributed by atoms with Crippen molar-refractivity contribution in [1.82, 2.24) is 14.7 Å². The number of hydrogen-bond donors (Lipinski definition) is 1. The Kier molecular flexibility index (Phi) is 6.11. The van der Waals surface area contributed by atoms with Crippen LogP contribution in [0.3, 0.4) is 0 Å². The predicted molar refractivity (Wildman–Crippen MR) is 103 cm³/mol. The van der Waals surface area contributed by atoms with Crippen molar-refractivity contribution in [3.63, 3.8) is 0 Å². The van der Waals surface area contributed by atoms with E-state index in [0.29, 0.717) is 17.0 Å². The molecule has 1 aliphatic heterocycles. The molecule has 144 valence electrons. The second-order valence-electron chi connectivity index (χ2n) is 6.67. The van der Waals surface area contributed by atoms with Crippen molar-refractivity contribution in [1.29, 1.82) is 0 Å². The lowest BCUT2D eigenvalue weighted by Crippen LogP contribution is -2.38. The fraction of sp³-hybridized carbons (Fsp3) is 0.450. The number of nitrogens with one attached hydrogen (secondary N) is 1. The summed E-state index contributed by atoms with van der Waals surface area (Å²) in [5.74, 6) is 0.266. The van der Waals surface area contributed by atoms with Gasteiger partial charge in [0.25, 0.3) is 11.8 Å². The second kappa shape index (κ2) is 8.70. The lowest BCUT2D eigenvalue weighted by Gasteiger charge is -2.26. The molecule has 7 nitrogen and oxygen atoms in total. The first-order valence-corrected chi connectivity index (χ1v) is 9.43. The summed E-state index contributed by atoms with van der Waals surface area (Å²) in [5, 5.41) is 7.10. The molecule has 3 rings (SSSR count). The topological polar surface area (TPSA) is 76.5 Å². The third-order valence-electron chi connectivity index (χ3n) is 4.82. The first-order valence-electron chi connectivity index (χ1n) is 9.43. The maximum atomic E-state index is 12.5. The molecule has 0 saturated carbocycles. The summed E-state index contributed by atoms with van der Waals surface area (Å²) in [7, 11) is 0. The van der Waals surface area contributed by atoms with Crippen LogP contribution in [0.4, 0.5) is 5.69 Å². The molecule has 0 aliphatic carbocycles. The average molecular weight is 370 g/mol. The quantitative estimate of drug-likeness (QED) is 0.848. The van der Waals surface area contributed by atoms with Crippen LogP contribution in [-0.4, -0.2) is 46.2 Å². The molecular weight excluding hydrogens is 344 g/mol. The van der Waals surface area contributed by atoms with Crippen molar-refractivity contribution in [3.05, 3.63) is 41.7 Å². The van der Waals surface area contributed by atoms with Gasteiger partial charge in [-0.15, -0.1) is 0 Å². The second-order valence-corrected chi connectivity index (χ2v) is 6.67. The van der Waals surface area contributed by atoms with Crippen LogP contribution in [-0.2, 0) is 11.3 Å². The molecule has 1 aromatic heterocycles. The van der Waals surface area contributed by atoms with Crippen LogP contribution < -0.4 is 10.1 Å². The predicted octanol–water partition coefficient (Wildman–Crippen LogP) is 2.86. The Morgan fingerprint density at radius 2 is 2.00 bits per heavy atom. The standard InChI is InChI=1S/C20H26N4O3/c1-3-24-15(2)18(13-21-24)22-20(26)16-8-7-9-17(12-16)27-14-19(25)23-10-5-4-6-11-23/h7-9,12-13H,3-6,10-11,14H2,1-2H3,(H,22,26). The van der Waals surface area contributed by atoms with Gasteiger partial charge in [0, 0.05) is 25.2 Å². The molecule has 0 unspecified atom stereocenters. The monoisotopic (exact) mass is 370 g/mol. The molecule has 7 heteroatoms. The summed E-state index contributed by atoms with van der Waals surface area (Å²) in [5.41, 5.74) is 2.07. The summed E-state index contributed by atoms with van der Waals surface area (Å²) in [6.45, 7) is 6.25. The van der Waals surface area contributed by atoms with Crippen LogP contribution in [0, 0.1) is 6.92 Å². The van der Waals surface area contributed by atoms with E-state index in [4.69, 9.17) is 4.74 Å². The van der Waals surface area contributed by atoms with Gasteiger partial charge in [0.05, 0.1) is 17.6 Å². The maximum absolute atomic E-state index is 12.5. The van der Waals surface area contributed by atoms with Crippen molar-refractivity contribution >= 4 is 17.5 Å². The van der Waals surface area contributed by atoms with E-state index in [0.717, 1.165) is 38.2 Å². The lowest BCUT2D eigenvalue weighted by molar-refractivity contribution is -0.134. The van der Waals surface area contributed by atoms with Crippen LogP contribution in [0.25, 0.3) is 0 Å². The van der Waals surface area contributed by atoms with Gasteiger partial charge in [0.2, 0.25) is 0 Å². The number of ether oxygens (including phenoxy) is 1. The fourth-order valence-electron chi connectivity index (χ4n) is 3.19. The largest absolute Gasteiger partial charge is 0.484 e. The minimum Gasteiger partial charge on any atom is -0.484 e. The van der Waals surface area contributed by atoms with Gasteiger partial charge in [-0.05, 0) is 51.3 Å². The van der Waals surface area contributed by atoms with E-state index in [1.807, 2.05) is 23.4 Å². The summed E-state index contributed by atoms with van der Waals surface area (Å²) in [6, 6.07) is 6.87. The molecule has 0 bridgehead atoms. The number of aromatic nitrogens is 2. The fourth-order valence-corrected chi connectivity index (χ4v) is 3.19. The van der Waals surface area contributed by atoms with Crippen LogP contribution >= 0.6 is 0 Å². The molecular formula is C20H26N4O3. The lowest BCUT2D eigenvalue weighted by atomic mass is 10.1. The highest BCUT2D eigenvalue weighted by atomic mass is 16.5. The molecule has 1 aromatic carbocycles. The zero-order valence-electron chi connectivity index (χ0n) is 15.9. The number of amides is 2. The van der Waals surface area contributed by atoms with Crippen molar-refractivity contribution < 1.29 is 14.3 Å². The Morgan fingerprint density at radius 3 is 2.70 bits per heavy atom. The number of carbonyl (C=O) groups excluding carboxylic acids is 2. The number of aryl methyl sites for hydroxylation is 1. The molecule has 27 heavy (non-hydrogen) atoms. The third kappa shape index (κ3) is 4.67. The maximum Gasteiger partial charge on any atom is 0.260 e. The molecule has 0 spiro atoms. The normalized spacial score (nSPS) is 14.1. The zero-order valence-corrected chi connectivity index (χ0v) is 15.9. The van der Waals surface area contributed by atoms with Crippen LogP contribution in [0.2, 0.25) is 0 Å². The van der Waals surface area contributed by atoms with Gasteiger partial charge in [-0.3, -0.25) is 14.3 Å². The van der Waals surface area contributed by atoms with Gasteiger partial charge in [-0.1, -0.05) is 6.07 Å². The van der Waals surface area contributed by atoms with E-state index in [-0.39, 0.29) is 18.4 Å². The van der Waals surface area contributed by atoms with E-state index in [1.165, 1.54) is 6.42 Å².